The normalized spacial score (nSPS) is 11.0. The van der Waals surface area contributed by atoms with Crippen LogP contribution in [0.1, 0.15) is 32.3 Å². The van der Waals surface area contributed by atoms with E-state index in [2.05, 4.69) is 5.32 Å². The van der Waals surface area contributed by atoms with Crippen molar-refractivity contribution in [3.8, 4) is 6.07 Å². The van der Waals surface area contributed by atoms with Crippen LogP contribution in [0.2, 0.25) is 0 Å². The minimum Gasteiger partial charge on any atom is -0.377 e. The predicted molar refractivity (Wildman–Crippen MR) is 67.1 cm³/mol. The second-order valence-corrected chi connectivity index (χ2v) is 4.09. The van der Waals surface area contributed by atoms with Crippen LogP contribution in [0.3, 0.4) is 0 Å². The summed E-state index contributed by atoms with van der Waals surface area (Å²) in [4.78, 5) is 0. The van der Waals surface area contributed by atoms with E-state index in [1.807, 2.05) is 19.9 Å². The van der Waals surface area contributed by atoms with E-state index in [1.165, 1.54) is 6.07 Å². The van der Waals surface area contributed by atoms with Crippen molar-refractivity contribution in [1.29, 1.82) is 5.26 Å². The summed E-state index contributed by atoms with van der Waals surface area (Å²) < 4.78 is 13.4. The number of nitriles is 1. The molecule has 0 saturated heterocycles. The Morgan fingerprint density at radius 1 is 1.41 bits per heavy atom. The van der Waals surface area contributed by atoms with Crippen molar-refractivity contribution in [2.75, 3.05) is 11.9 Å². The van der Waals surface area contributed by atoms with Crippen LogP contribution in [-0.4, -0.2) is 12.1 Å². The molecule has 0 aliphatic carbocycles. The van der Waals surface area contributed by atoms with Crippen LogP contribution in [-0.2, 0) is 0 Å². The first-order valence-electron chi connectivity index (χ1n) is 5.79. The minimum absolute atomic E-state index is 0.0484. The van der Waals surface area contributed by atoms with Crippen LogP contribution in [0.15, 0.2) is 18.2 Å². The predicted octanol–water partition coefficient (Wildman–Crippen LogP) is 2.63. The maximum absolute atomic E-state index is 13.4. The first kappa shape index (κ1) is 13.5. The number of nitrogens with two attached hydrogens (primary N) is 1. The van der Waals surface area contributed by atoms with Crippen molar-refractivity contribution < 1.29 is 4.39 Å². The lowest BCUT2D eigenvalue weighted by atomic mass is 9.92. The zero-order valence-electron chi connectivity index (χ0n) is 10.3. The van der Waals surface area contributed by atoms with Gasteiger partial charge in [0, 0.05) is 12.1 Å². The van der Waals surface area contributed by atoms with Crippen molar-refractivity contribution in [3.05, 3.63) is 29.6 Å². The molecule has 0 bridgehead atoms. The molecule has 0 saturated carbocycles. The maximum atomic E-state index is 13.4. The van der Waals surface area contributed by atoms with Gasteiger partial charge in [-0.3, -0.25) is 0 Å². The van der Waals surface area contributed by atoms with Crippen molar-refractivity contribution in [2.24, 2.45) is 5.73 Å². The molecule has 3 N–H and O–H groups in total. The third kappa shape index (κ3) is 2.75. The fourth-order valence-corrected chi connectivity index (χ4v) is 1.79. The summed E-state index contributed by atoms with van der Waals surface area (Å²) in [7, 11) is 0. The second-order valence-electron chi connectivity index (χ2n) is 4.09. The Hall–Kier alpha value is -1.60. The second kappa shape index (κ2) is 5.65. The standard InChI is InChI=1S/C13H18FN3/c1-3-13(4-2,9-16)17-12-7-5-6-11(14)10(12)8-15/h5-7,17H,3-4,9,16H2,1-2H3. The van der Waals surface area contributed by atoms with E-state index < -0.39 is 5.82 Å². The van der Waals surface area contributed by atoms with E-state index in [9.17, 15) is 4.39 Å². The highest BCUT2D eigenvalue weighted by Crippen LogP contribution is 2.25. The first-order valence-corrected chi connectivity index (χ1v) is 5.79. The van der Waals surface area contributed by atoms with Crippen LogP contribution in [0.25, 0.3) is 0 Å². The number of anilines is 1. The van der Waals surface area contributed by atoms with E-state index in [4.69, 9.17) is 11.0 Å². The van der Waals surface area contributed by atoms with Crippen LogP contribution >= 0.6 is 0 Å². The number of hydrogen-bond donors (Lipinski definition) is 2. The monoisotopic (exact) mass is 235 g/mol. The van der Waals surface area contributed by atoms with E-state index in [0.717, 1.165) is 12.8 Å². The molecule has 0 radical (unpaired) electrons. The Labute approximate surface area is 101 Å². The smallest absolute Gasteiger partial charge is 0.143 e. The third-order valence-electron chi connectivity index (χ3n) is 3.27. The fourth-order valence-electron chi connectivity index (χ4n) is 1.79. The number of hydrogen-bond acceptors (Lipinski definition) is 3. The molecule has 0 aromatic heterocycles. The maximum Gasteiger partial charge on any atom is 0.143 e. The molecule has 0 spiro atoms. The van der Waals surface area contributed by atoms with Crippen molar-refractivity contribution in [3.63, 3.8) is 0 Å². The topological polar surface area (TPSA) is 61.8 Å². The molecule has 0 fully saturated rings. The highest BCUT2D eigenvalue weighted by Gasteiger charge is 2.25. The minimum atomic E-state index is -0.504. The van der Waals surface area contributed by atoms with Crippen LogP contribution in [0.5, 0.6) is 0 Å². The molecule has 0 heterocycles. The number of rotatable bonds is 5. The number of nitrogens with one attached hydrogen (secondary N) is 1. The first-order chi connectivity index (χ1) is 8.12. The summed E-state index contributed by atoms with van der Waals surface area (Å²) in [6, 6.07) is 6.46. The molecule has 92 valence electrons. The van der Waals surface area contributed by atoms with Gasteiger partial charge in [-0.05, 0) is 25.0 Å². The Kier molecular flexibility index (Phi) is 4.47. The van der Waals surface area contributed by atoms with Gasteiger partial charge < -0.3 is 11.1 Å². The average Bonchev–Trinajstić information content (AvgIpc) is 2.36. The zero-order valence-corrected chi connectivity index (χ0v) is 10.3. The molecular weight excluding hydrogens is 217 g/mol. The molecule has 17 heavy (non-hydrogen) atoms. The summed E-state index contributed by atoms with van der Waals surface area (Å²) in [6.07, 6.45) is 1.64. The van der Waals surface area contributed by atoms with E-state index in [0.29, 0.717) is 12.2 Å². The van der Waals surface area contributed by atoms with Crippen molar-refractivity contribution in [1.82, 2.24) is 0 Å². The highest BCUT2D eigenvalue weighted by molar-refractivity contribution is 5.59. The molecular formula is C13H18FN3. The largest absolute Gasteiger partial charge is 0.377 e. The molecule has 1 rings (SSSR count). The molecule has 0 unspecified atom stereocenters. The van der Waals surface area contributed by atoms with Gasteiger partial charge >= 0.3 is 0 Å². The molecule has 4 heteroatoms. The summed E-state index contributed by atoms with van der Waals surface area (Å²) in [6.45, 7) is 4.49. The van der Waals surface area contributed by atoms with Gasteiger partial charge in [0.25, 0.3) is 0 Å². The van der Waals surface area contributed by atoms with Gasteiger partial charge in [-0.1, -0.05) is 19.9 Å². The molecule has 0 aliphatic rings. The summed E-state index contributed by atoms with van der Waals surface area (Å²) >= 11 is 0. The quantitative estimate of drug-likeness (QED) is 0.824. The number of halogens is 1. The van der Waals surface area contributed by atoms with Crippen LogP contribution < -0.4 is 11.1 Å². The molecule has 0 amide bonds. The molecule has 0 aliphatic heterocycles. The summed E-state index contributed by atoms with van der Waals surface area (Å²) in [5.41, 5.74) is 6.05. The number of benzene rings is 1. The van der Waals surface area contributed by atoms with E-state index in [1.54, 1.807) is 12.1 Å². The van der Waals surface area contributed by atoms with Gasteiger partial charge in [-0.15, -0.1) is 0 Å². The van der Waals surface area contributed by atoms with Crippen LogP contribution in [0.4, 0.5) is 10.1 Å². The Balaban J connectivity index is 3.10. The van der Waals surface area contributed by atoms with Crippen molar-refractivity contribution in [2.45, 2.75) is 32.2 Å². The fraction of sp³-hybridized carbons (Fsp3) is 0.462. The van der Waals surface area contributed by atoms with Gasteiger partial charge in [0.05, 0.1) is 5.69 Å². The van der Waals surface area contributed by atoms with Gasteiger partial charge in [0.15, 0.2) is 0 Å². The van der Waals surface area contributed by atoms with Gasteiger partial charge in [-0.2, -0.15) is 5.26 Å². The van der Waals surface area contributed by atoms with E-state index >= 15 is 0 Å². The Morgan fingerprint density at radius 3 is 2.53 bits per heavy atom. The molecule has 1 aromatic carbocycles. The lowest BCUT2D eigenvalue weighted by Crippen LogP contribution is -2.44. The van der Waals surface area contributed by atoms with E-state index in [-0.39, 0.29) is 11.1 Å². The lowest BCUT2D eigenvalue weighted by Gasteiger charge is -2.33. The third-order valence-corrected chi connectivity index (χ3v) is 3.27. The zero-order chi connectivity index (χ0) is 12.9. The van der Waals surface area contributed by atoms with Crippen molar-refractivity contribution >= 4 is 5.69 Å². The van der Waals surface area contributed by atoms with Gasteiger partial charge in [0.1, 0.15) is 17.4 Å². The molecule has 0 atom stereocenters. The van der Waals surface area contributed by atoms with Gasteiger partial charge in [0.2, 0.25) is 0 Å². The molecule has 1 aromatic rings. The van der Waals surface area contributed by atoms with Gasteiger partial charge in [-0.25, -0.2) is 4.39 Å². The Morgan fingerprint density at radius 2 is 2.06 bits per heavy atom. The SMILES string of the molecule is CCC(CC)(CN)Nc1cccc(F)c1C#N. The molecule has 3 nitrogen and oxygen atoms in total. The summed E-state index contributed by atoms with van der Waals surface area (Å²) in [5.74, 6) is -0.504. The number of nitrogens with zero attached hydrogens (tertiary/aromatic N) is 1. The summed E-state index contributed by atoms with van der Waals surface area (Å²) in [5, 5.41) is 12.2. The average molecular weight is 235 g/mol. The lowest BCUT2D eigenvalue weighted by molar-refractivity contribution is 0.445. The van der Waals surface area contributed by atoms with Crippen LogP contribution in [0, 0.1) is 17.1 Å². The highest BCUT2D eigenvalue weighted by atomic mass is 19.1. The Bertz CT molecular complexity index is 411.